The molecule has 1 spiro atoms. The van der Waals surface area contributed by atoms with Crippen LogP contribution in [0.2, 0.25) is 0 Å². The van der Waals surface area contributed by atoms with Crippen molar-refractivity contribution in [3.05, 3.63) is 0 Å². The van der Waals surface area contributed by atoms with E-state index in [1.54, 1.807) is 0 Å². The SMILES string of the molecule is C1CCC(N2CC3(CCO3)C2)CC1. The van der Waals surface area contributed by atoms with Crippen molar-refractivity contribution in [1.29, 1.82) is 0 Å². The molecule has 0 aromatic heterocycles. The fraction of sp³-hybridized carbons (Fsp3) is 1.00. The molecular formula is C11H19NO. The Morgan fingerprint density at radius 3 is 2.31 bits per heavy atom. The number of rotatable bonds is 1. The monoisotopic (exact) mass is 181 g/mol. The summed E-state index contributed by atoms with van der Waals surface area (Å²) < 4.78 is 5.63. The van der Waals surface area contributed by atoms with Crippen molar-refractivity contribution < 1.29 is 4.74 Å². The van der Waals surface area contributed by atoms with Crippen LogP contribution in [0.25, 0.3) is 0 Å². The largest absolute Gasteiger partial charge is 0.372 e. The van der Waals surface area contributed by atoms with Crippen LogP contribution >= 0.6 is 0 Å². The zero-order valence-corrected chi connectivity index (χ0v) is 8.30. The van der Waals surface area contributed by atoms with Gasteiger partial charge in [0.15, 0.2) is 0 Å². The van der Waals surface area contributed by atoms with Gasteiger partial charge in [0.1, 0.15) is 0 Å². The minimum atomic E-state index is 0.345. The van der Waals surface area contributed by atoms with Gasteiger partial charge in [-0.1, -0.05) is 19.3 Å². The molecule has 2 nitrogen and oxygen atoms in total. The van der Waals surface area contributed by atoms with Gasteiger partial charge in [0.2, 0.25) is 0 Å². The van der Waals surface area contributed by atoms with Gasteiger partial charge in [-0.05, 0) is 12.8 Å². The first-order valence-corrected chi connectivity index (χ1v) is 5.76. The van der Waals surface area contributed by atoms with E-state index >= 15 is 0 Å². The molecule has 3 aliphatic rings. The summed E-state index contributed by atoms with van der Waals surface area (Å²) in [7, 11) is 0. The molecule has 1 aliphatic carbocycles. The second kappa shape index (κ2) is 2.96. The maximum atomic E-state index is 5.63. The van der Waals surface area contributed by atoms with E-state index in [0.717, 1.165) is 12.6 Å². The predicted molar refractivity (Wildman–Crippen MR) is 51.7 cm³/mol. The normalized spacial score (nSPS) is 34.2. The standard InChI is InChI=1S/C11H19NO/c1-2-4-10(5-3-1)12-8-11(9-12)6-7-13-11/h10H,1-9H2. The van der Waals surface area contributed by atoms with E-state index in [1.165, 1.54) is 51.6 Å². The smallest absolute Gasteiger partial charge is 0.0956 e. The van der Waals surface area contributed by atoms with Crippen LogP contribution < -0.4 is 0 Å². The Balaban J connectivity index is 1.51. The highest BCUT2D eigenvalue weighted by atomic mass is 16.5. The van der Waals surface area contributed by atoms with E-state index in [9.17, 15) is 0 Å². The molecule has 0 radical (unpaired) electrons. The molecule has 2 heteroatoms. The minimum Gasteiger partial charge on any atom is -0.372 e. The van der Waals surface area contributed by atoms with Crippen LogP contribution in [0.5, 0.6) is 0 Å². The lowest BCUT2D eigenvalue weighted by atomic mass is 9.82. The van der Waals surface area contributed by atoms with E-state index < -0.39 is 0 Å². The Labute approximate surface area is 80.2 Å². The second-order valence-corrected chi connectivity index (χ2v) is 4.98. The van der Waals surface area contributed by atoms with Gasteiger partial charge in [0.25, 0.3) is 0 Å². The molecule has 3 fully saturated rings. The van der Waals surface area contributed by atoms with Crippen LogP contribution in [0.1, 0.15) is 38.5 Å². The molecule has 0 unspecified atom stereocenters. The average Bonchev–Trinajstić information content (AvgIpc) is 2.01. The maximum absolute atomic E-state index is 5.63. The summed E-state index contributed by atoms with van der Waals surface area (Å²) in [6, 6.07) is 0.906. The van der Waals surface area contributed by atoms with Crippen LogP contribution in [0.3, 0.4) is 0 Å². The van der Waals surface area contributed by atoms with Gasteiger partial charge in [0.05, 0.1) is 12.2 Å². The summed E-state index contributed by atoms with van der Waals surface area (Å²) >= 11 is 0. The molecule has 0 N–H and O–H groups in total. The Kier molecular flexibility index (Phi) is 1.88. The van der Waals surface area contributed by atoms with Gasteiger partial charge in [-0.25, -0.2) is 0 Å². The third kappa shape index (κ3) is 1.31. The molecule has 2 aliphatic heterocycles. The minimum absolute atomic E-state index is 0.345. The summed E-state index contributed by atoms with van der Waals surface area (Å²) in [6.07, 6.45) is 8.57. The zero-order valence-electron chi connectivity index (χ0n) is 8.30. The van der Waals surface area contributed by atoms with Crippen molar-refractivity contribution in [2.75, 3.05) is 19.7 Å². The first kappa shape index (κ1) is 8.25. The number of hydrogen-bond donors (Lipinski definition) is 0. The first-order chi connectivity index (χ1) is 6.38. The maximum Gasteiger partial charge on any atom is 0.0956 e. The highest BCUT2D eigenvalue weighted by Gasteiger charge is 2.50. The summed E-state index contributed by atoms with van der Waals surface area (Å²) in [6.45, 7) is 3.48. The zero-order chi connectivity index (χ0) is 8.73. The lowest BCUT2D eigenvalue weighted by Crippen LogP contribution is -2.70. The Morgan fingerprint density at radius 1 is 1.08 bits per heavy atom. The van der Waals surface area contributed by atoms with Crippen LogP contribution in [-0.4, -0.2) is 36.2 Å². The Bertz CT molecular complexity index is 186. The molecule has 3 rings (SSSR count). The fourth-order valence-corrected chi connectivity index (χ4v) is 3.04. The molecule has 1 saturated carbocycles. The van der Waals surface area contributed by atoms with Crippen molar-refractivity contribution in [3.63, 3.8) is 0 Å². The van der Waals surface area contributed by atoms with Gasteiger partial charge >= 0.3 is 0 Å². The molecule has 0 aromatic carbocycles. The molecule has 0 bridgehead atoms. The van der Waals surface area contributed by atoms with Gasteiger partial charge in [-0.2, -0.15) is 0 Å². The fourth-order valence-electron chi connectivity index (χ4n) is 3.04. The number of ether oxygens (including phenoxy) is 1. The van der Waals surface area contributed by atoms with Crippen molar-refractivity contribution in [1.82, 2.24) is 4.90 Å². The first-order valence-electron chi connectivity index (χ1n) is 5.76. The Morgan fingerprint density at radius 2 is 1.77 bits per heavy atom. The predicted octanol–water partition coefficient (Wildman–Crippen LogP) is 1.79. The lowest BCUT2D eigenvalue weighted by Gasteiger charge is -2.58. The molecule has 13 heavy (non-hydrogen) atoms. The third-order valence-electron chi connectivity index (χ3n) is 4.04. The van der Waals surface area contributed by atoms with Crippen LogP contribution in [0.15, 0.2) is 0 Å². The summed E-state index contributed by atoms with van der Waals surface area (Å²) in [5, 5.41) is 0. The van der Waals surface area contributed by atoms with E-state index in [1.807, 2.05) is 0 Å². The Hall–Kier alpha value is -0.0800. The van der Waals surface area contributed by atoms with Crippen LogP contribution in [0.4, 0.5) is 0 Å². The van der Waals surface area contributed by atoms with Crippen molar-refractivity contribution in [3.8, 4) is 0 Å². The van der Waals surface area contributed by atoms with Gasteiger partial charge in [0, 0.05) is 25.6 Å². The van der Waals surface area contributed by atoms with E-state index in [0.29, 0.717) is 5.60 Å². The number of nitrogens with zero attached hydrogens (tertiary/aromatic N) is 1. The number of likely N-dealkylation sites (tertiary alicyclic amines) is 1. The van der Waals surface area contributed by atoms with Crippen LogP contribution in [-0.2, 0) is 4.74 Å². The van der Waals surface area contributed by atoms with Gasteiger partial charge < -0.3 is 4.74 Å². The molecule has 0 atom stereocenters. The van der Waals surface area contributed by atoms with Crippen LogP contribution in [0, 0.1) is 0 Å². The van der Waals surface area contributed by atoms with E-state index in [2.05, 4.69) is 4.90 Å². The molecule has 2 heterocycles. The van der Waals surface area contributed by atoms with E-state index in [-0.39, 0.29) is 0 Å². The molecular weight excluding hydrogens is 162 g/mol. The van der Waals surface area contributed by atoms with Crippen molar-refractivity contribution in [2.24, 2.45) is 0 Å². The van der Waals surface area contributed by atoms with Crippen molar-refractivity contribution >= 4 is 0 Å². The summed E-state index contributed by atoms with van der Waals surface area (Å²) in [5.41, 5.74) is 0.345. The average molecular weight is 181 g/mol. The highest BCUT2D eigenvalue weighted by molar-refractivity contribution is 5.03. The molecule has 0 amide bonds. The molecule has 2 saturated heterocycles. The molecule has 0 aromatic rings. The lowest BCUT2D eigenvalue weighted by molar-refractivity contribution is -0.231. The van der Waals surface area contributed by atoms with Gasteiger partial charge in [-0.3, -0.25) is 4.90 Å². The van der Waals surface area contributed by atoms with Crippen molar-refractivity contribution in [2.45, 2.75) is 50.2 Å². The molecule has 74 valence electrons. The quantitative estimate of drug-likeness (QED) is 0.611. The van der Waals surface area contributed by atoms with E-state index in [4.69, 9.17) is 4.74 Å². The topological polar surface area (TPSA) is 12.5 Å². The summed E-state index contributed by atoms with van der Waals surface area (Å²) in [4.78, 5) is 2.65. The summed E-state index contributed by atoms with van der Waals surface area (Å²) in [5.74, 6) is 0. The third-order valence-corrected chi connectivity index (χ3v) is 4.04. The second-order valence-electron chi connectivity index (χ2n) is 4.98. The van der Waals surface area contributed by atoms with Gasteiger partial charge in [-0.15, -0.1) is 0 Å². The highest BCUT2D eigenvalue weighted by Crippen LogP contribution is 2.39. The number of hydrogen-bond acceptors (Lipinski definition) is 2.